The molecule has 17 heavy (non-hydrogen) atoms. The molecule has 2 rings (SSSR count). The van der Waals surface area contributed by atoms with E-state index in [0.717, 1.165) is 24.5 Å². The maximum Gasteiger partial charge on any atom is 0.161 e. The Labute approximate surface area is 103 Å². The third-order valence-electron chi connectivity index (χ3n) is 3.19. The van der Waals surface area contributed by atoms with Gasteiger partial charge in [-0.25, -0.2) is 0 Å². The molecule has 0 spiro atoms. The second kappa shape index (κ2) is 6.50. The van der Waals surface area contributed by atoms with Crippen LogP contribution in [0.5, 0.6) is 11.5 Å². The second-order valence-electron chi connectivity index (χ2n) is 4.43. The first-order chi connectivity index (χ1) is 8.40. The highest BCUT2D eigenvalue weighted by Gasteiger charge is 2.13. The number of hydrogen-bond acceptors (Lipinski definition) is 3. The minimum atomic E-state index is 0.705. The molecule has 1 atom stereocenters. The Balaban J connectivity index is 1.70. The molecule has 1 aromatic rings. The van der Waals surface area contributed by atoms with Gasteiger partial charge in [0.05, 0.1) is 13.7 Å². The van der Waals surface area contributed by atoms with Crippen LogP contribution >= 0.6 is 0 Å². The fourth-order valence-corrected chi connectivity index (χ4v) is 2.25. The zero-order chi connectivity index (χ0) is 11.9. The lowest BCUT2D eigenvalue weighted by atomic mass is 10.1. The highest BCUT2D eigenvalue weighted by Crippen LogP contribution is 2.26. The van der Waals surface area contributed by atoms with E-state index in [-0.39, 0.29) is 0 Å². The lowest BCUT2D eigenvalue weighted by Crippen LogP contribution is -2.21. The Morgan fingerprint density at radius 1 is 1.29 bits per heavy atom. The molecule has 1 aliphatic heterocycles. The quantitative estimate of drug-likeness (QED) is 0.769. The molecule has 1 saturated heterocycles. The van der Waals surface area contributed by atoms with Crippen molar-refractivity contribution in [2.45, 2.75) is 31.7 Å². The predicted molar refractivity (Wildman–Crippen MR) is 68.7 cm³/mol. The zero-order valence-electron chi connectivity index (χ0n) is 10.4. The fourth-order valence-electron chi connectivity index (χ4n) is 2.25. The number of para-hydroxylation sites is 2. The molecule has 1 aliphatic rings. The molecule has 1 aromatic carbocycles. The van der Waals surface area contributed by atoms with Gasteiger partial charge in [0.2, 0.25) is 0 Å². The van der Waals surface area contributed by atoms with Crippen molar-refractivity contribution in [2.24, 2.45) is 0 Å². The van der Waals surface area contributed by atoms with E-state index >= 15 is 0 Å². The summed E-state index contributed by atoms with van der Waals surface area (Å²) in [6.45, 7) is 1.94. The van der Waals surface area contributed by atoms with E-state index in [9.17, 15) is 0 Å². The van der Waals surface area contributed by atoms with E-state index in [1.807, 2.05) is 24.3 Å². The van der Waals surface area contributed by atoms with Gasteiger partial charge in [0.1, 0.15) is 0 Å². The van der Waals surface area contributed by atoms with Crippen LogP contribution in [-0.2, 0) is 0 Å². The Kier molecular flexibility index (Phi) is 4.68. The first-order valence-electron chi connectivity index (χ1n) is 6.39. The van der Waals surface area contributed by atoms with Gasteiger partial charge >= 0.3 is 0 Å². The summed E-state index contributed by atoms with van der Waals surface area (Å²) in [6.07, 6.45) is 4.93. The van der Waals surface area contributed by atoms with Crippen LogP contribution in [0.4, 0.5) is 0 Å². The highest BCUT2D eigenvalue weighted by molar-refractivity contribution is 5.39. The summed E-state index contributed by atoms with van der Waals surface area (Å²) in [7, 11) is 1.67. The van der Waals surface area contributed by atoms with Gasteiger partial charge in [0.25, 0.3) is 0 Å². The van der Waals surface area contributed by atoms with E-state index in [4.69, 9.17) is 9.47 Å². The zero-order valence-corrected chi connectivity index (χ0v) is 10.4. The van der Waals surface area contributed by atoms with Crippen molar-refractivity contribution in [3.05, 3.63) is 24.3 Å². The summed E-state index contributed by atoms with van der Waals surface area (Å²) in [5.74, 6) is 1.65. The van der Waals surface area contributed by atoms with Crippen molar-refractivity contribution < 1.29 is 9.47 Å². The molecule has 1 heterocycles. The maximum atomic E-state index is 5.74. The minimum absolute atomic E-state index is 0.705. The van der Waals surface area contributed by atoms with Crippen LogP contribution in [0.2, 0.25) is 0 Å². The van der Waals surface area contributed by atoms with Crippen LogP contribution in [-0.4, -0.2) is 26.3 Å². The normalized spacial score (nSPS) is 19.2. The third-order valence-corrected chi connectivity index (χ3v) is 3.19. The fraction of sp³-hybridized carbons (Fsp3) is 0.571. The molecule has 94 valence electrons. The Morgan fingerprint density at radius 3 is 2.82 bits per heavy atom. The maximum absolute atomic E-state index is 5.74. The van der Waals surface area contributed by atoms with Crippen LogP contribution in [0.1, 0.15) is 25.7 Å². The van der Waals surface area contributed by atoms with Crippen LogP contribution in [0, 0.1) is 0 Å². The number of ether oxygens (including phenoxy) is 2. The van der Waals surface area contributed by atoms with Crippen molar-refractivity contribution in [1.82, 2.24) is 5.32 Å². The Bertz CT molecular complexity index is 335. The molecule has 0 aliphatic carbocycles. The molecular formula is C14H21NO2. The molecule has 0 saturated carbocycles. The van der Waals surface area contributed by atoms with E-state index in [1.54, 1.807) is 7.11 Å². The summed E-state index contributed by atoms with van der Waals surface area (Å²) in [4.78, 5) is 0. The molecule has 3 nitrogen and oxygen atoms in total. The predicted octanol–water partition coefficient (Wildman–Crippen LogP) is 2.61. The van der Waals surface area contributed by atoms with Gasteiger partial charge in [0.15, 0.2) is 11.5 Å². The molecule has 0 bridgehead atoms. The first kappa shape index (κ1) is 12.2. The SMILES string of the molecule is COc1ccccc1OCCCC1CCCN1. The van der Waals surface area contributed by atoms with Gasteiger partial charge in [-0.2, -0.15) is 0 Å². The van der Waals surface area contributed by atoms with Crippen molar-refractivity contribution in [2.75, 3.05) is 20.3 Å². The molecular weight excluding hydrogens is 214 g/mol. The summed E-state index contributed by atoms with van der Waals surface area (Å²) in [5.41, 5.74) is 0. The molecule has 1 N–H and O–H groups in total. The van der Waals surface area contributed by atoms with Gasteiger partial charge < -0.3 is 14.8 Å². The monoisotopic (exact) mass is 235 g/mol. The number of methoxy groups -OCH3 is 1. The van der Waals surface area contributed by atoms with Gasteiger partial charge in [-0.1, -0.05) is 12.1 Å². The summed E-state index contributed by atoms with van der Waals surface area (Å²) < 4.78 is 11.0. The molecule has 0 radical (unpaired) electrons. The summed E-state index contributed by atoms with van der Waals surface area (Å²) in [5, 5.41) is 3.50. The van der Waals surface area contributed by atoms with Crippen LogP contribution in [0.3, 0.4) is 0 Å². The molecule has 0 aromatic heterocycles. The number of rotatable bonds is 6. The number of nitrogens with one attached hydrogen (secondary N) is 1. The van der Waals surface area contributed by atoms with Crippen LogP contribution in [0.25, 0.3) is 0 Å². The lowest BCUT2D eigenvalue weighted by Gasteiger charge is -2.12. The number of benzene rings is 1. The van der Waals surface area contributed by atoms with Crippen molar-refractivity contribution >= 4 is 0 Å². The highest BCUT2D eigenvalue weighted by atomic mass is 16.5. The van der Waals surface area contributed by atoms with E-state index in [1.165, 1.54) is 25.8 Å². The molecule has 1 fully saturated rings. The van der Waals surface area contributed by atoms with Crippen LogP contribution < -0.4 is 14.8 Å². The standard InChI is InChI=1S/C14H21NO2/c1-16-13-8-2-3-9-14(13)17-11-5-7-12-6-4-10-15-12/h2-3,8-9,12,15H,4-7,10-11H2,1H3. The third kappa shape index (κ3) is 3.63. The largest absolute Gasteiger partial charge is 0.493 e. The van der Waals surface area contributed by atoms with Crippen LogP contribution in [0.15, 0.2) is 24.3 Å². The average Bonchev–Trinajstić information content (AvgIpc) is 2.88. The second-order valence-corrected chi connectivity index (χ2v) is 4.43. The topological polar surface area (TPSA) is 30.5 Å². The summed E-state index contributed by atoms with van der Waals surface area (Å²) in [6, 6.07) is 8.50. The van der Waals surface area contributed by atoms with E-state index in [2.05, 4.69) is 5.32 Å². The van der Waals surface area contributed by atoms with Crippen molar-refractivity contribution in [3.63, 3.8) is 0 Å². The summed E-state index contributed by atoms with van der Waals surface area (Å²) >= 11 is 0. The first-order valence-corrected chi connectivity index (χ1v) is 6.39. The van der Waals surface area contributed by atoms with E-state index < -0.39 is 0 Å². The number of hydrogen-bond donors (Lipinski definition) is 1. The molecule has 1 unspecified atom stereocenters. The van der Waals surface area contributed by atoms with Gasteiger partial charge in [-0.3, -0.25) is 0 Å². The van der Waals surface area contributed by atoms with Crippen molar-refractivity contribution in [1.29, 1.82) is 0 Å². The van der Waals surface area contributed by atoms with E-state index in [0.29, 0.717) is 6.04 Å². The lowest BCUT2D eigenvalue weighted by molar-refractivity contribution is 0.281. The van der Waals surface area contributed by atoms with Crippen molar-refractivity contribution in [3.8, 4) is 11.5 Å². The average molecular weight is 235 g/mol. The molecule has 3 heteroatoms. The van der Waals surface area contributed by atoms with Gasteiger partial charge in [0, 0.05) is 6.04 Å². The Hall–Kier alpha value is -1.22. The Morgan fingerprint density at radius 2 is 2.12 bits per heavy atom. The smallest absolute Gasteiger partial charge is 0.161 e. The van der Waals surface area contributed by atoms with Gasteiger partial charge in [-0.05, 0) is 44.4 Å². The molecule has 0 amide bonds. The minimum Gasteiger partial charge on any atom is -0.493 e. The van der Waals surface area contributed by atoms with Gasteiger partial charge in [-0.15, -0.1) is 0 Å².